The van der Waals surface area contributed by atoms with Crippen LogP contribution in [-0.4, -0.2) is 44.3 Å². The molecule has 0 spiro atoms. The van der Waals surface area contributed by atoms with Crippen molar-refractivity contribution >= 4 is 12.1 Å². The molecule has 0 saturated heterocycles. The Bertz CT molecular complexity index is 931. The van der Waals surface area contributed by atoms with Gasteiger partial charge in [-0.1, -0.05) is 65.5 Å². The number of carbonyl (C=O) groups excluding carboxylic acids is 1. The molecular formula is C33H56N4O2. The Balaban J connectivity index is 1.14. The van der Waals surface area contributed by atoms with Crippen LogP contribution < -0.4 is 16.0 Å². The van der Waals surface area contributed by atoms with Crippen molar-refractivity contribution in [2.24, 2.45) is 51.3 Å². The van der Waals surface area contributed by atoms with Crippen molar-refractivity contribution in [1.29, 1.82) is 0 Å². The maximum Gasteiger partial charge on any atom is 0.407 e. The van der Waals surface area contributed by atoms with E-state index >= 15 is 0 Å². The van der Waals surface area contributed by atoms with E-state index in [-0.39, 0.29) is 12.2 Å². The molecule has 6 heteroatoms. The highest BCUT2D eigenvalue weighted by Gasteiger charge is 2.59. The predicted octanol–water partition coefficient (Wildman–Crippen LogP) is 6.67. The Kier molecular flexibility index (Phi) is 8.88. The van der Waals surface area contributed by atoms with Crippen LogP contribution in [0.3, 0.4) is 0 Å². The SMILES string of the molecule is CC(C)CCC[C@@H](C)[C@H]1CC[C@H]2C3CC=C4CC(OC(=O)NCCNC5=NCCN5)CCC4(C)[C@H]3CC[C@]12C. The number of hydrogen-bond donors (Lipinski definition) is 3. The van der Waals surface area contributed by atoms with E-state index < -0.39 is 0 Å². The summed E-state index contributed by atoms with van der Waals surface area (Å²) in [4.78, 5) is 16.8. The first-order chi connectivity index (χ1) is 18.7. The van der Waals surface area contributed by atoms with Crippen LogP contribution in [-0.2, 0) is 4.74 Å². The molecule has 5 rings (SSSR count). The number of hydrogen-bond acceptors (Lipinski definition) is 5. The summed E-state index contributed by atoms with van der Waals surface area (Å²) in [6.07, 6.45) is 16.5. The zero-order chi connectivity index (χ0) is 27.6. The summed E-state index contributed by atoms with van der Waals surface area (Å²) >= 11 is 0. The highest BCUT2D eigenvalue weighted by Crippen LogP contribution is 2.67. The van der Waals surface area contributed by atoms with E-state index in [1.165, 1.54) is 51.4 Å². The van der Waals surface area contributed by atoms with Crippen LogP contribution in [0.4, 0.5) is 4.79 Å². The summed E-state index contributed by atoms with van der Waals surface area (Å²) in [7, 11) is 0. The summed E-state index contributed by atoms with van der Waals surface area (Å²) in [5, 5.41) is 9.30. The third kappa shape index (κ3) is 6.00. The van der Waals surface area contributed by atoms with Crippen molar-refractivity contribution in [2.75, 3.05) is 26.2 Å². The first kappa shape index (κ1) is 28.8. The number of ether oxygens (including phenoxy) is 1. The van der Waals surface area contributed by atoms with E-state index in [4.69, 9.17) is 4.74 Å². The fourth-order valence-corrected chi connectivity index (χ4v) is 9.81. The second-order valence-electron chi connectivity index (χ2n) is 14.6. The van der Waals surface area contributed by atoms with E-state index in [1.54, 1.807) is 5.57 Å². The molecule has 0 aromatic rings. The van der Waals surface area contributed by atoms with Gasteiger partial charge in [0.2, 0.25) is 0 Å². The molecule has 0 bridgehead atoms. The van der Waals surface area contributed by atoms with Gasteiger partial charge in [-0.15, -0.1) is 0 Å². The fourth-order valence-electron chi connectivity index (χ4n) is 9.81. The van der Waals surface area contributed by atoms with Crippen LogP contribution in [0.1, 0.15) is 105 Å². The molecule has 3 unspecified atom stereocenters. The topological polar surface area (TPSA) is 74.8 Å². The third-order valence-corrected chi connectivity index (χ3v) is 11.9. The van der Waals surface area contributed by atoms with E-state index in [9.17, 15) is 4.79 Å². The van der Waals surface area contributed by atoms with Crippen molar-refractivity contribution in [2.45, 2.75) is 111 Å². The molecule has 5 aliphatic rings. The largest absolute Gasteiger partial charge is 0.446 e. The quantitative estimate of drug-likeness (QED) is 0.225. The zero-order valence-electron chi connectivity index (χ0n) is 25.5. The number of rotatable bonds is 9. The Labute approximate surface area is 238 Å². The summed E-state index contributed by atoms with van der Waals surface area (Å²) < 4.78 is 5.90. The lowest BCUT2D eigenvalue weighted by Crippen LogP contribution is -2.51. The van der Waals surface area contributed by atoms with Gasteiger partial charge in [0, 0.05) is 26.1 Å². The van der Waals surface area contributed by atoms with Crippen LogP contribution in [0, 0.1) is 46.3 Å². The molecule has 3 N–H and O–H groups in total. The molecule has 1 heterocycles. The number of fused-ring (bicyclic) bond motifs is 5. The monoisotopic (exact) mass is 540 g/mol. The maximum absolute atomic E-state index is 12.5. The van der Waals surface area contributed by atoms with Gasteiger partial charge in [-0.25, -0.2) is 4.79 Å². The van der Waals surface area contributed by atoms with Crippen molar-refractivity contribution in [1.82, 2.24) is 16.0 Å². The second kappa shape index (κ2) is 12.0. The lowest BCUT2D eigenvalue weighted by molar-refractivity contribution is -0.0581. The minimum Gasteiger partial charge on any atom is -0.446 e. The average molecular weight is 541 g/mol. The predicted molar refractivity (Wildman–Crippen MR) is 160 cm³/mol. The molecule has 0 radical (unpaired) electrons. The van der Waals surface area contributed by atoms with Crippen LogP contribution in [0.5, 0.6) is 0 Å². The maximum atomic E-state index is 12.5. The van der Waals surface area contributed by atoms with E-state index in [0.717, 1.165) is 73.8 Å². The molecule has 1 amide bonds. The Morgan fingerprint density at radius 1 is 1.10 bits per heavy atom. The standard InChI is InChI=1S/C33H56N4O2/c1-22(2)7-6-8-23(3)27-11-12-28-26-10-9-24-21-25(13-15-32(24,4)29(26)14-16-33(27,28)5)39-31(38)37-20-19-36-30-34-17-18-35-30/h9,22-23,25-29H,6-8,10-21H2,1-5H3,(H,37,38)(H2,34,35,36)/t23-,25?,26?,27-,28+,29+,32?,33-/m1/s1. The molecule has 6 nitrogen and oxygen atoms in total. The molecule has 0 aromatic carbocycles. The smallest absolute Gasteiger partial charge is 0.407 e. The first-order valence-electron chi connectivity index (χ1n) is 16.4. The van der Waals surface area contributed by atoms with Gasteiger partial charge >= 0.3 is 6.09 Å². The molecule has 0 aromatic heterocycles. The molecule has 3 fully saturated rings. The number of carbonyl (C=O) groups is 1. The lowest BCUT2D eigenvalue weighted by atomic mass is 9.47. The lowest BCUT2D eigenvalue weighted by Gasteiger charge is -2.58. The highest BCUT2D eigenvalue weighted by molar-refractivity contribution is 5.81. The second-order valence-corrected chi connectivity index (χ2v) is 14.6. The summed E-state index contributed by atoms with van der Waals surface area (Å²) in [5.74, 6) is 5.97. The molecule has 8 atom stereocenters. The van der Waals surface area contributed by atoms with Crippen molar-refractivity contribution in [3.63, 3.8) is 0 Å². The number of aliphatic imine (C=N–C) groups is 1. The van der Waals surface area contributed by atoms with Crippen LogP contribution >= 0.6 is 0 Å². The molecule has 1 aliphatic heterocycles. The Hall–Kier alpha value is -1.72. The summed E-state index contributed by atoms with van der Waals surface area (Å²) in [5.41, 5.74) is 2.41. The Morgan fingerprint density at radius 3 is 2.72 bits per heavy atom. The third-order valence-electron chi connectivity index (χ3n) is 11.9. The average Bonchev–Trinajstić information content (AvgIpc) is 3.54. The molecule has 39 heavy (non-hydrogen) atoms. The molecule has 220 valence electrons. The van der Waals surface area contributed by atoms with Crippen molar-refractivity contribution in [3.05, 3.63) is 11.6 Å². The fraction of sp³-hybridized carbons (Fsp3) is 0.879. The van der Waals surface area contributed by atoms with Crippen LogP contribution in [0.15, 0.2) is 16.6 Å². The number of nitrogens with zero attached hydrogens (tertiary/aromatic N) is 1. The van der Waals surface area contributed by atoms with Gasteiger partial charge in [-0.05, 0) is 91.3 Å². The minimum absolute atomic E-state index is 0.00566. The van der Waals surface area contributed by atoms with Gasteiger partial charge in [0.1, 0.15) is 6.10 Å². The summed E-state index contributed by atoms with van der Waals surface area (Å²) in [6, 6.07) is 0. The van der Waals surface area contributed by atoms with Gasteiger partial charge in [0.25, 0.3) is 0 Å². The van der Waals surface area contributed by atoms with Crippen molar-refractivity contribution < 1.29 is 9.53 Å². The molecular weight excluding hydrogens is 484 g/mol. The minimum atomic E-state index is -0.283. The van der Waals surface area contributed by atoms with Gasteiger partial charge in [0.15, 0.2) is 5.96 Å². The van der Waals surface area contributed by atoms with Crippen molar-refractivity contribution in [3.8, 4) is 0 Å². The number of nitrogens with one attached hydrogen (secondary N) is 3. The first-order valence-corrected chi connectivity index (χ1v) is 16.4. The molecule has 3 saturated carbocycles. The number of guanidine groups is 1. The highest BCUT2D eigenvalue weighted by atomic mass is 16.6. The molecule has 4 aliphatic carbocycles. The number of alkyl carbamates (subject to hydrolysis) is 1. The zero-order valence-corrected chi connectivity index (χ0v) is 25.5. The van der Waals surface area contributed by atoms with E-state index in [1.807, 2.05) is 0 Å². The number of allylic oxidation sites excluding steroid dienone is 1. The normalized spacial score (nSPS) is 38.1. The Morgan fingerprint density at radius 2 is 1.95 bits per heavy atom. The van der Waals surface area contributed by atoms with Gasteiger partial charge in [-0.2, -0.15) is 0 Å². The van der Waals surface area contributed by atoms with Crippen LogP contribution in [0.2, 0.25) is 0 Å². The van der Waals surface area contributed by atoms with Crippen LogP contribution in [0.25, 0.3) is 0 Å². The van der Waals surface area contributed by atoms with Gasteiger partial charge in [-0.3, -0.25) is 4.99 Å². The summed E-state index contributed by atoms with van der Waals surface area (Å²) in [6.45, 7) is 15.4. The van der Waals surface area contributed by atoms with E-state index in [0.29, 0.717) is 23.9 Å². The van der Waals surface area contributed by atoms with Gasteiger partial charge < -0.3 is 20.7 Å². The van der Waals surface area contributed by atoms with E-state index in [2.05, 4.69) is 61.6 Å². The van der Waals surface area contributed by atoms with Gasteiger partial charge in [0.05, 0.1) is 6.54 Å². The number of amides is 1.